The highest BCUT2D eigenvalue weighted by Crippen LogP contribution is 2.23. The molecule has 1 N–H and O–H groups in total. The smallest absolute Gasteiger partial charge is 0.253 e. The van der Waals surface area contributed by atoms with Gasteiger partial charge >= 0.3 is 0 Å². The predicted molar refractivity (Wildman–Crippen MR) is 104 cm³/mol. The lowest BCUT2D eigenvalue weighted by molar-refractivity contribution is -0.132. The summed E-state index contributed by atoms with van der Waals surface area (Å²) in [5.41, 5.74) is 4.14. The van der Waals surface area contributed by atoms with Crippen molar-refractivity contribution in [1.82, 2.24) is 5.32 Å². The molecular formula is C22H29NO3. The molecule has 140 valence electrons. The Kier molecular flexibility index (Phi) is 7.67. The fourth-order valence-corrected chi connectivity index (χ4v) is 2.67. The lowest BCUT2D eigenvalue weighted by Crippen LogP contribution is -2.28. The highest BCUT2D eigenvalue weighted by atomic mass is 16.5. The van der Waals surface area contributed by atoms with E-state index in [2.05, 4.69) is 31.3 Å². The molecule has 26 heavy (non-hydrogen) atoms. The summed E-state index contributed by atoms with van der Waals surface area (Å²) in [4.78, 5) is 12.2. The first-order chi connectivity index (χ1) is 12.5. The highest BCUT2D eigenvalue weighted by Gasteiger charge is 2.20. The van der Waals surface area contributed by atoms with Crippen LogP contribution in [0.15, 0.2) is 42.5 Å². The van der Waals surface area contributed by atoms with Crippen LogP contribution < -0.4 is 10.1 Å². The summed E-state index contributed by atoms with van der Waals surface area (Å²) >= 11 is 0. The first-order valence-electron chi connectivity index (χ1n) is 9.17. The number of hydrogen-bond donors (Lipinski definition) is 1. The minimum Gasteiger partial charge on any atom is -0.489 e. The zero-order chi connectivity index (χ0) is 18.9. The molecule has 0 saturated heterocycles. The normalized spacial score (nSPS) is 11.8. The Morgan fingerprint density at radius 2 is 1.96 bits per heavy atom. The number of likely N-dealkylation sites (N-methyl/N-ethyl adjacent to an activating group) is 1. The molecule has 0 heterocycles. The Morgan fingerprint density at radius 3 is 2.69 bits per heavy atom. The van der Waals surface area contributed by atoms with Crippen LogP contribution in [0.4, 0.5) is 0 Å². The molecule has 0 bridgehead atoms. The largest absolute Gasteiger partial charge is 0.489 e. The van der Waals surface area contributed by atoms with Crippen molar-refractivity contribution in [3.8, 4) is 5.75 Å². The number of hydrogen-bond acceptors (Lipinski definition) is 3. The molecule has 2 aromatic carbocycles. The third kappa shape index (κ3) is 5.60. The standard InChI is InChI=1S/C22H29NO3/c1-5-6-12-25-21(22(24)23-4)19-9-7-8-18(14-19)15-26-20-13-16(2)10-11-17(20)3/h7-11,13-14,21H,5-6,12,15H2,1-4H3,(H,23,24). The van der Waals surface area contributed by atoms with Gasteiger partial charge in [0.1, 0.15) is 12.4 Å². The number of aryl methyl sites for hydroxylation is 2. The van der Waals surface area contributed by atoms with E-state index < -0.39 is 6.10 Å². The van der Waals surface area contributed by atoms with Gasteiger partial charge in [-0.15, -0.1) is 0 Å². The Hall–Kier alpha value is -2.33. The average Bonchev–Trinajstić information content (AvgIpc) is 2.65. The Labute approximate surface area is 156 Å². The minimum absolute atomic E-state index is 0.131. The second-order valence-corrected chi connectivity index (χ2v) is 6.52. The molecule has 2 aromatic rings. The number of amides is 1. The molecule has 1 amide bonds. The van der Waals surface area contributed by atoms with Crippen LogP contribution in [0.3, 0.4) is 0 Å². The van der Waals surface area contributed by atoms with Crippen molar-refractivity contribution in [2.75, 3.05) is 13.7 Å². The van der Waals surface area contributed by atoms with Gasteiger partial charge in [0, 0.05) is 13.7 Å². The maximum atomic E-state index is 12.2. The maximum absolute atomic E-state index is 12.2. The van der Waals surface area contributed by atoms with Crippen molar-refractivity contribution in [2.24, 2.45) is 0 Å². The van der Waals surface area contributed by atoms with Gasteiger partial charge in [-0.3, -0.25) is 4.79 Å². The van der Waals surface area contributed by atoms with Crippen molar-refractivity contribution in [2.45, 2.75) is 46.3 Å². The predicted octanol–water partition coefficient (Wildman–Crippen LogP) is 4.49. The summed E-state index contributed by atoms with van der Waals surface area (Å²) in [5.74, 6) is 0.756. The lowest BCUT2D eigenvalue weighted by Gasteiger charge is -2.18. The van der Waals surface area contributed by atoms with Crippen molar-refractivity contribution >= 4 is 5.91 Å². The molecule has 0 radical (unpaired) electrons. The second kappa shape index (κ2) is 9.97. The van der Waals surface area contributed by atoms with Crippen LogP contribution in [-0.4, -0.2) is 19.6 Å². The minimum atomic E-state index is -0.591. The molecule has 1 atom stereocenters. The zero-order valence-electron chi connectivity index (χ0n) is 16.2. The van der Waals surface area contributed by atoms with E-state index in [0.29, 0.717) is 13.2 Å². The zero-order valence-corrected chi connectivity index (χ0v) is 16.2. The second-order valence-electron chi connectivity index (χ2n) is 6.52. The van der Waals surface area contributed by atoms with E-state index in [4.69, 9.17) is 9.47 Å². The topological polar surface area (TPSA) is 47.6 Å². The van der Waals surface area contributed by atoms with Crippen molar-refractivity contribution in [1.29, 1.82) is 0 Å². The number of benzene rings is 2. The quantitative estimate of drug-likeness (QED) is 0.674. The number of nitrogens with one attached hydrogen (secondary N) is 1. The molecule has 0 aliphatic rings. The van der Waals surface area contributed by atoms with Gasteiger partial charge in [-0.25, -0.2) is 0 Å². The van der Waals surface area contributed by atoms with E-state index >= 15 is 0 Å². The maximum Gasteiger partial charge on any atom is 0.253 e. The van der Waals surface area contributed by atoms with Crippen LogP contribution in [-0.2, 0) is 16.1 Å². The molecule has 0 spiro atoms. The van der Waals surface area contributed by atoms with Crippen molar-refractivity contribution in [3.05, 3.63) is 64.7 Å². The van der Waals surface area contributed by atoms with Gasteiger partial charge in [-0.05, 0) is 54.7 Å². The van der Waals surface area contributed by atoms with Crippen molar-refractivity contribution < 1.29 is 14.3 Å². The third-order valence-electron chi connectivity index (χ3n) is 4.26. The number of rotatable bonds is 9. The van der Waals surface area contributed by atoms with E-state index in [-0.39, 0.29) is 5.91 Å². The van der Waals surface area contributed by atoms with Gasteiger partial charge in [-0.2, -0.15) is 0 Å². The molecule has 1 unspecified atom stereocenters. The van der Waals surface area contributed by atoms with Crippen LogP contribution in [0.1, 0.15) is 48.1 Å². The van der Waals surface area contributed by atoms with Gasteiger partial charge in [0.05, 0.1) is 0 Å². The Balaban J connectivity index is 2.11. The van der Waals surface area contributed by atoms with E-state index in [1.165, 1.54) is 5.56 Å². The van der Waals surface area contributed by atoms with Crippen LogP contribution in [0.25, 0.3) is 0 Å². The summed E-state index contributed by atoms with van der Waals surface area (Å²) in [6.07, 6.45) is 1.37. The van der Waals surface area contributed by atoms with E-state index in [1.807, 2.05) is 37.3 Å². The van der Waals surface area contributed by atoms with Gasteiger partial charge in [0.15, 0.2) is 6.10 Å². The number of unbranched alkanes of at least 4 members (excludes halogenated alkanes) is 1. The number of carbonyl (C=O) groups is 1. The molecule has 4 heteroatoms. The summed E-state index contributed by atoms with van der Waals surface area (Å²) in [5, 5.41) is 2.69. The van der Waals surface area contributed by atoms with Crippen LogP contribution in [0, 0.1) is 13.8 Å². The molecule has 0 aliphatic carbocycles. The molecule has 0 saturated carbocycles. The van der Waals surface area contributed by atoms with Crippen LogP contribution in [0.2, 0.25) is 0 Å². The SMILES string of the molecule is CCCCOC(C(=O)NC)c1cccc(COc2cc(C)ccc2C)c1. The number of carbonyl (C=O) groups excluding carboxylic acids is 1. The first-order valence-corrected chi connectivity index (χ1v) is 9.17. The van der Waals surface area contributed by atoms with Gasteiger partial charge in [-0.1, -0.05) is 43.7 Å². The summed E-state index contributed by atoms with van der Waals surface area (Å²) in [6.45, 7) is 7.21. The van der Waals surface area contributed by atoms with E-state index in [9.17, 15) is 4.79 Å². The molecule has 0 fully saturated rings. The molecule has 2 rings (SSSR count). The van der Waals surface area contributed by atoms with E-state index in [1.54, 1.807) is 7.05 Å². The fraction of sp³-hybridized carbons (Fsp3) is 0.409. The lowest BCUT2D eigenvalue weighted by atomic mass is 10.1. The van der Waals surface area contributed by atoms with Crippen LogP contribution >= 0.6 is 0 Å². The number of ether oxygens (including phenoxy) is 2. The Bertz CT molecular complexity index is 727. The van der Waals surface area contributed by atoms with Gasteiger partial charge < -0.3 is 14.8 Å². The first kappa shape index (κ1) is 20.0. The molecule has 4 nitrogen and oxygen atoms in total. The molecular weight excluding hydrogens is 326 g/mol. The average molecular weight is 355 g/mol. The van der Waals surface area contributed by atoms with Gasteiger partial charge in [0.25, 0.3) is 5.91 Å². The molecule has 0 aliphatic heterocycles. The highest BCUT2D eigenvalue weighted by molar-refractivity contribution is 5.82. The summed E-state index contributed by atoms with van der Waals surface area (Å²) in [7, 11) is 1.63. The van der Waals surface area contributed by atoms with Crippen LogP contribution in [0.5, 0.6) is 5.75 Å². The third-order valence-corrected chi connectivity index (χ3v) is 4.26. The Morgan fingerprint density at radius 1 is 1.15 bits per heavy atom. The van der Waals surface area contributed by atoms with E-state index in [0.717, 1.165) is 35.3 Å². The van der Waals surface area contributed by atoms with Gasteiger partial charge in [0.2, 0.25) is 0 Å². The van der Waals surface area contributed by atoms with Crippen molar-refractivity contribution in [3.63, 3.8) is 0 Å². The summed E-state index contributed by atoms with van der Waals surface area (Å²) in [6, 6.07) is 14.0. The summed E-state index contributed by atoms with van der Waals surface area (Å²) < 4.78 is 11.8. The molecule has 0 aromatic heterocycles. The monoisotopic (exact) mass is 355 g/mol. The fourth-order valence-electron chi connectivity index (χ4n) is 2.67.